The van der Waals surface area contributed by atoms with E-state index in [-0.39, 0.29) is 24.9 Å². The first kappa shape index (κ1) is 48.8. The largest absolute Gasteiger partial charge is 0.462 e. The Balaban J connectivity index is 4.59. The Morgan fingerprint density at radius 1 is 0.588 bits per heavy atom. The number of carbonyl (C=O) groups excluding carboxylic acids is 2. The fraction of sp³-hybridized carbons (Fsp3) is 0.778. The maximum atomic E-state index is 13.0. The minimum absolute atomic E-state index is 0.0618. The summed E-state index contributed by atoms with van der Waals surface area (Å²) in [5.74, 6) is -0.525. The van der Waals surface area contributed by atoms with Gasteiger partial charge in [-0.2, -0.15) is 0 Å². The molecule has 0 aromatic carbocycles. The number of hydrogen-bond donors (Lipinski definition) is 3. The third kappa shape index (κ3) is 34.7. The van der Waals surface area contributed by atoms with Gasteiger partial charge >= 0.3 is 5.97 Å². The maximum Gasteiger partial charge on any atom is 0.306 e. The molecule has 3 atom stereocenters. The second kappa shape index (κ2) is 39.0. The molecule has 0 aliphatic heterocycles. The van der Waals surface area contributed by atoms with Crippen LogP contribution in [0.25, 0.3) is 0 Å². The number of unbranched alkanes of at least 4 members (excludes halogenated alkanes) is 20. The minimum atomic E-state index is -0.790. The van der Waals surface area contributed by atoms with E-state index in [1.807, 2.05) is 30.4 Å². The molecule has 6 nitrogen and oxygen atoms in total. The lowest BCUT2D eigenvalue weighted by Crippen LogP contribution is -2.46. The van der Waals surface area contributed by atoms with Crippen molar-refractivity contribution in [3.63, 3.8) is 0 Å². The number of aliphatic hydroxyl groups is 2. The highest BCUT2D eigenvalue weighted by Gasteiger charge is 2.24. The zero-order valence-corrected chi connectivity index (χ0v) is 33.5. The van der Waals surface area contributed by atoms with E-state index in [2.05, 4.69) is 44.3 Å². The fourth-order valence-electron chi connectivity index (χ4n) is 6.26. The summed E-state index contributed by atoms with van der Waals surface area (Å²) in [6.45, 7) is 6.28. The monoisotopic (exact) mass is 716 g/mol. The highest BCUT2D eigenvalue weighted by atomic mass is 16.5. The van der Waals surface area contributed by atoms with E-state index in [4.69, 9.17) is 4.74 Å². The van der Waals surface area contributed by atoms with Crippen LogP contribution in [-0.2, 0) is 14.3 Å². The second-order valence-electron chi connectivity index (χ2n) is 14.5. The van der Waals surface area contributed by atoms with Crippen LogP contribution in [0.15, 0.2) is 48.6 Å². The zero-order valence-electron chi connectivity index (χ0n) is 33.5. The molecule has 0 saturated carbocycles. The molecule has 0 spiro atoms. The van der Waals surface area contributed by atoms with Gasteiger partial charge in [-0.05, 0) is 44.9 Å². The fourth-order valence-corrected chi connectivity index (χ4v) is 6.26. The summed E-state index contributed by atoms with van der Waals surface area (Å²) in [4.78, 5) is 25.8. The molecule has 0 rings (SSSR count). The zero-order chi connectivity index (χ0) is 37.5. The molecular weight excluding hydrogens is 634 g/mol. The van der Waals surface area contributed by atoms with Crippen molar-refractivity contribution in [2.75, 3.05) is 6.61 Å². The van der Waals surface area contributed by atoms with Gasteiger partial charge in [0.15, 0.2) is 0 Å². The number of aliphatic hydroxyl groups excluding tert-OH is 2. The van der Waals surface area contributed by atoms with Gasteiger partial charge < -0.3 is 20.3 Å². The van der Waals surface area contributed by atoms with E-state index in [1.54, 1.807) is 0 Å². The number of hydrogen-bond acceptors (Lipinski definition) is 5. The number of ether oxygens (including phenoxy) is 1. The number of nitrogens with one attached hydrogen (secondary N) is 1. The van der Waals surface area contributed by atoms with Gasteiger partial charge in [-0.1, -0.05) is 191 Å². The van der Waals surface area contributed by atoms with Crippen LogP contribution in [0.5, 0.6) is 0 Å². The summed E-state index contributed by atoms with van der Waals surface area (Å²) in [5.41, 5.74) is 0. The highest BCUT2D eigenvalue weighted by molar-refractivity contribution is 5.77. The summed E-state index contributed by atoms with van der Waals surface area (Å²) in [5, 5.41) is 23.5. The topological polar surface area (TPSA) is 95.9 Å². The van der Waals surface area contributed by atoms with E-state index < -0.39 is 18.2 Å². The predicted octanol–water partition coefficient (Wildman–Crippen LogP) is 11.9. The van der Waals surface area contributed by atoms with Crippen molar-refractivity contribution < 1.29 is 24.5 Å². The van der Waals surface area contributed by atoms with Crippen LogP contribution in [-0.4, -0.2) is 46.9 Å². The summed E-state index contributed by atoms with van der Waals surface area (Å²) in [6, 6.07) is -0.705. The van der Waals surface area contributed by atoms with Crippen molar-refractivity contribution in [3.05, 3.63) is 48.6 Å². The van der Waals surface area contributed by atoms with E-state index in [1.165, 1.54) is 83.5 Å². The number of amides is 1. The van der Waals surface area contributed by atoms with Gasteiger partial charge in [0.2, 0.25) is 5.91 Å². The molecule has 0 radical (unpaired) electrons. The molecule has 3 N–H and O–H groups in total. The van der Waals surface area contributed by atoms with Gasteiger partial charge in [0.05, 0.1) is 25.2 Å². The molecule has 0 aromatic heterocycles. The lowest BCUT2D eigenvalue weighted by molar-refractivity contribution is -0.151. The van der Waals surface area contributed by atoms with Crippen LogP contribution in [0.1, 0.15) is 201 Å². The van der Waals surface area contributed by atoms with E-state index in [9.17, 15) is 19.8 Å². The Morgan fingerprint density at radius 2 is 1.06 bits per heavy atom. The Bertz CT molecular complexity index is 895. The third-order valence-corrected chi connectivity index (χ3v) is 9.52. The third-order valence-electron chi connectivity index (χ3n) is 9.52. The van der Waals surface area contributed by atoms with Crippen molar-refractivity contribution in [1.82, 2.24) is 5.32 Å². The van der Waals surface area contributed by atoms with E-state index >= 15 is 0 Å². The summed E-state index contributed by atoms with van der Waals surface area (Å²) >= 11 is 0. The summed E-state index contributed by atoms with van der Waals surface area (Å²) in [6.07, 6.45) is 44.6. The van der Waals surface area contributed by atoms with E-state index in [0.717, 1.165) is 70.6 Å². The van der Waals surface area contributed by atoms with Crippen LogP contribution < -0.4 is 5.32 Å². The SMILES string of the molecule is CC/C=C/C=C/C=C\C=C/CCCCCC(=O)OC(CCCCCCCCCC)CC(=O)NC(CO)C(O)CCCCCCCCCCCCC. The van der Waals surface area contributed by atoms with Gasteiger partial charge in [-0.25, -0.2) is 0 Å². The first-order chi connectivity index (χ1) is 25.0. The Hall–Kier alpha value is -2.18. The Labute approximate surface area is 315 Å². The smallest absolute Gasteiger partial charge is 0.306 e. The van der Waals surface area contributed by atoms with Gasteiger partial charge in [0.1, 0.15) is 6.10 Å². The summed E-state index contributed by atoms with van der Waals surface area (Å²) < 4.78 is 5.85. The van der Waals surface area contributed by atoms with Crippen molar-refractivity contribution in [1.29, 1.82) is 0 Å². The average Bonchev–Trinajstić information content (AvgIpc) is 3.12. The number of allylic oxidation sites excluding steroid dienone is 8. The van der Waals surface area contributed by atoms with Crippen LogP contribution in [0, 0.1) is 0 Å². The van der Waals surface area contributed by atoms with Crippen molar-refractivity contribution in [2.45, 2.75) is 219 Å². The quantitative estimate of drug-likeness (QED) is 0.0338. The van der Waals surface area contributed by atoms with Crippen LogP contribution in [0.4, 0.5) is 0 Å². The molecule has 1 amide bonds. The molecule has 0 saturated heterocycles. The Morgan fingerprint density at radius 3 is 1.59 bits per heavy atom. The lowest BCUT2D eigenvalue weighted by atomic mass is 10.0. The molecule has 51 heavy (non-hydrogen) atoms. The minimum Gasteiger partial charge on any atom is -0.462 e. The maximum absolute atomic E-state index is 13.0. The molecule has 0 aliphatic rings. The molecule has 0 bridgehead atoms. The van der Waals surface area contributed by atoms with Crippen LogP contribution in [0.2, 0.25) is 0 Å². The predicted molar refractivity (Wildman–Crippen MR) is 218 cm³/mol. The van der Waals surface area contributed by atoms with E-state index in [0.29, 0.717) is 19.3 Å². The van der Waals surface area contributed by atoms with Gasteiger partial charge in [-0.3, -0.25) is 9.59 Å². The number of esters is 1. The molecule has 6 heteroatoms. The molecule has 3 unspecified atom stereocenters. The lowest BCUT2D eigenvalue weighted by Gasteiger charge is -2.24. The molecule has 0 fully saturated rings. The molecule has 296 valence electrons. The van der Waals surface area contributed by atoms with Crippen LogP contribution in [0.3, 0.4) is 0 Å². The number of carbonyl (C=O) groups is 2. The van der Waals surface area contributed by atoms with Crippen LogP contribution >= 0.6 is 0 Å². The van der Waals surface area contributed by atoms with Gasteiger partial charge in [-0.15, -0.1) is 0 Å². The Kier molecular flexibility index (Phi) is 37.4. The van der Waals surface area contributed by atoms with Crippen molar-refractivity contribution >= 4 is 11.9 Å². The van der Waals surface area contributed by atoms with Gasteiger partial charge in [0.25, 0.3) is 0 Å². The second-order valence-corrected chi connectivity index (χ2v) is 14.5. The normalized spacial score (nSPS) is 13.9. The first-order valence-corrected chi connectivity index (χ1v) is 21.4. The highest BCUT2D eigenvalue weighted by Crippen LogP contribution is 2.17. The molecule has 0 heterocycles. The van der Waals surface area contributed by atoms with Crippen molar-refractivity contribution in [3.8, 4) is 0 Å². The average molecular weight is 716 g/mol. The molecular formula is C45H81NO5. The van der Waals surface area contributed by atoms with Crippen molar-refractivity contribution in [2.24, 2.45) is 0 Å². The molecule has 0 aromatic rings. The first-order valence-electron chi connectivity index (χ1n) is 21.4. The standard InChI is InChI=1S/C45H81NO5/c1-4-7-10-13-16-19-21-22-24-26-29-32-35-38-45(50)51-41(36-33-30-27-18-15-12-9-6-3)39-44(49)46-42(40-47)43(48)37-34-31-28-25-23-20-17-14-11-8-5-2/h7,10,13,16,19,21-22,24,41-43,47-48H,4-6,8-9,11-12,14-15,17-18,20,23,25-40H2,1-3H3,(H,46,49)/b10-7+,16-13+,21-19-,24-22-. The summed E-state index contributed by atoms with van der Waals surface area (Å²) in [7, 11) is 0. The molecule has 0 aliphatic carbocycles. The van der Waals surface area contributed by atoms with Gasteiger partial charge in [0, 0.05) is 6.42 Å². The number of rotatable bonds is 37.